The van der Waals surface area contributed by atoms with Crippen molar-refractivity contribution in [3.05, 3.63) is 83.7 Å². The van der Waals surface area contributed by atoms with Gasteiger partial charge in [0.15, 0.2) is 0 Å². The molecule has 0 fully saturated rings. The summed E-state index contributed by atoms with van der Waals surface area (Å²) in [6.07, 6.45) is 0.627. The molecule has 0 aliphatic carbocycles. The fraction of sp³-hybridized carbons (Fsp3) is 0.436. The van der Waals surface area contributed by atoms with Gasteiger partial charge >= 0.3 is 5.97 Å². The average molecular weight is 799 g/mol. The Hall–Kier alpha value is -5.72. The fourth-order valence-electron chi connectivity index (χ4n) is 6.35. The number of aliphatic hydroxyl groups excluding tert-OH is 1. The Morgan fingerprint density at radius 2 is 1.58 bits per heavy atom. The van der Waals surface area contributed by atoms with Crippen molar-refractivity contribution in [2.75, 3.05) is 26.2 Å². The maximum Gasteiger partial charge on any atom is 0.320 e. The Balaban J connectivity index is 1.99. The molecule has 18 heteroatoms. The number of carboxylic acid groups (broad SMARTS) is 1. The number of carbonyl (C=O) groups excluding carboxylic acids is 5. The standard InChI is InChI=1S/C39H52F2N8O8/c1-39(2,3)35(31-17-24(26-18-25(40)9-10-27(26)41)21-48(31)20-23-7-5-4-6-8-23)49(34(53)22-50)16-13-29(47-30(36(44)54)19-32(43)51)37(55)46-15-14-45-33(52)12-11-28(42)38(56)57/h4-10,17-18,21,28-30,35,47,50H,11-16,19-20,22,42H2,1-3H3,(H2,43,51)(H2,44,54)(H,45,52)(H,46,55)(H,56,57)/t28-,29-,30-,35-/m0/s1. The van der Waals surface area contributed by atoms with Gasteiger partial charge in [-0.2, -0.15) is 0 Å². The molecule has 3 rings (SSSR count). The molecule has 0 saturated heterocycles. The van der Waals surface area contributed by atoms with Gasteiger partial charge < -0.3 is 47.5 Å². The second kappa shape index (κ2) is 21.0. The third kappa shape index (κ3) is 13.8. The summed E-state index contributed by atoms with van der Waals surface area (Å²) in [4.78, 5) is 75.9. The number of hydrogen-bond donors (Lipinski definition) is 8. The van der Waals surface area contributed by atoms with Crippen LogP contribution in [0.2, 0.25) is 0 Å². The van der Waals surface area contributed by atoms with E-state index in [9.17, 15) is 38.3 Å². The predicted octanol–water partition coefficient (Wildman–Crippen LogP) is 0.892. The molecule has 0 aliphatic heterocycles. The molecule has 5 amide bonds. The summed E-state index contributed by atoms with van der Waals surface area (Å²) in [5.74, 6) is -6.37. The minimum Gasteiger partial charge on any atom is -0.480 e. The highest BCUT2D eigenvalue weighted by molar-refractivity contribution is 5.88. The number of nitrogens with two attached hydrogens (primary N) is 3. The van der Waals surface area contributed by atoms with Crippen molar-refractivity contribution in [1.29, 1.82) is 0 Å². The van der Waals surface area contributed by atoms with E-state index in [2.05, 4.69) is 16.0 Å². The number of benzene rings is 2. The molecule has 4 atom stereocenters. The van der Waals surface area contributed by atoms with E-state index in [-0.39, 0.29) is 51.0 Å². The van der Waals surface area contributed by atoms with Gasteiger partial charge in [0, 0.05) is 55.6 Å². The highest BCUT2D eigenvalue weighted by Gasteiger charge is 2.38. The Bertz CT molecular complexity index is 1880. The van der Waals surface area contributed by atoms with E-state index in [4.69, 9.17) is 22.3 Å². The number of hydrogen-bond acceptors (Lipinski definition) is 9. The molecule has 0 spiro atoms. The number of rotatable bonds is 22. The third-order valence-electron chi connectivity index (χ3n) is 9.11. The normalized spacial score (nSPS) is 13.5. The molecule has 0 unspecified atom stereocenters. The quantitative estimate of drug-likeness (QED) is 0.0666. The molecular weight excluding hydrogens is 746 g/mol. The van der Waals surface area contributed by atoms with Gasteiger partial charge in [0.1, 0.15) is 24.3 Å². The number of halogens is 2. The number of primary amides is 2. The van der Waals surface area contributed by atoms with Crippen LogP contribution in [0, 0.1) is 17.0 Å². The summed E-state index contributed by atoms with van der Waals surface area (Å²) in [5, 5.41) is 27.1. The molecule has 3 aromatic rings. The van der Waals surface area contributed by atoms with E-state index in [1.165, 1.54) is 4.90 Å². The van der Waals surface area contributed by atoms with Crippen LogP contribution < -0.4 is 33.2 Å². The van der Waals surface area contributed by atoms with Crippen LogP contribution in [-0.2, 0) is 35.3 Å². The largest absolute Gasteiger partial charge is 0.480 e. The summed E-state index contributed by atoms with van der Waals surface area (Å²) in [5.41, 5.74) is 17.2. The Morgan fingerprint density at radius 1 is 0.912 bits per heavy atom. The van der Waals surface area contributed by atoms with Gasteiger partial charge in [-0.25, -0.2) is 8.78 Å². The van der Waals surface area contributed by atoms with Gasteiger partial charge in [-0.05, 0) is 48.1 Å². The number of nitrogens with one attached hydrogen (secondary N) is 3. The highest BCUT2D eigenvalue weighted by atomic mass is 19.1. The van der Waals surface area contributed by atoms with Crippen molar-refractivity contribution in [3.63, 3.8) is 0 Å². The van der Waals surface area contributed by atoms with Crippen molar-refractivity contribution >= 4 is 35.5 Å². The summed E-state index contributed by atoms with van der Waals surface area (Å²) in [6.45, 7) is 4.50. The fourth-order valence-corrected chi connectivity index (χ4v) is 6.35. The number of carboxylic acids is 1. The predicted molar refractivity (Wildman–Crippen MR) is 206 cm³/mol. The minimum atomic E-state index is -1.39. The lowest BCUT2D eigenvalue weighted by Crippen LogP contribution is -2.55. The van der Waals surface area contributed by atoms with E-state index >= 15 is 4.39 Å². The number of carbonyl (C=O) groups is 6. The highest BCUT2D eigenvalue weighted by Crippen LogP contribution is 2.41. The van der Waals surface area contributed by atoms with Crippen molar-refractivity contribution in [3.8, 4) is 11.1 Å². The smallest absolute Gasteiger partial charge is 0.320 e. The van der Waals surface area contributed by atoms with Gasteiger partial charge in [-0.3, -0.25) is 34.1 Å². The van der Waals surface area contributed by atoms with Gasteiger partial charge in [-0.15, -0.1) is 0 Å². The van der Waals surface area contributed by atoms with Crippen molar-refractivity contribution in [2.24, 2.45) is 22.6 Å². The zero-order chi connectivity index (χ0) is 42.4. The summed E-state index contributed by atoms with van der Waals surface area (Å²) < 4.78 is 31.3. The minimum absolute atomic E-state index is 0.0105. The number of aliphatic hydroxyl groups is 1. The van der Waals surface area contributed by atoms with Crippen LogP contribution in [0.25, 0.3) is 11.1 Å². The number of aromatic nitrogens is 1. The second-order valence-electron chi connectivity index (χ2n) is 14.7. The van der Waals surface area contributed by atoms with E-state index in [1.54, 1.807) is 12.3 Å². The van der Waals surface area contributed by atoms with Crippen LogP contribution in [0.5, 0.6) is 0 Å². The lowest BCUT2D eigenvalue weighted by molar-refractivity contribution is -0.140. The van der Waals surface area contributed by atoms with Gasteiger partial charge in [-0.1, -0.05) is 51.1 Å². The topological polar surface area (TPSA) is 265 Å². The first-order valence-electron chi connectivity index (χ1n) is 18.3. The zero-order valence-corrected chi connectivity index (χ0v) is 32.2. The molecule has 0 bridgehead atoms. The maximum absolute atomic E-state index is 15.1. The first-order valence-corrected chi connectivity index (χ1v) is 18.3. The lowest BCUT2D eigenvalue weighted by atomic mass is 9.82. The molecule has 310 valence electrons. The van der Waals surface area contributed by atoms with Gasteiger partial charge in [0.05, 0.1) is 24.5 Å². The molecule has 1 aromatic heterocycles. The molecule has 0 saturated carbocycles. The second-order valence-corrected chi connectivity index (χ2v) is 14.7. The van der Waals surface area contributed by atoms with Crippen molar-refractivity contribution < 1.29 is 47.8 Å². The third-order valence-corrected chi connectivity index (χ3v) is 9.11. The van der Waals surface area contributed by atoms with Crippen LogP contribution in [0.3, 0.4) is 0 Å². The Morgan fingerprint density at radius 3 is 2.18 bits per heavy atom. The number of nitrogens with zero attached hydrogens (tertiary/aromatic N) is 2. The SMILES string of the molecule is CC(C)(C)[C@H](c1cc(-c2cc(F)ccc2F)cn1Cc1ccccc1)N(CC[C@H](N[C@@H](CC(N)=O)C(N)=O)C(=O)NCCNC(=O)CC[C@H](N)C(=O)O)C(=O)CO. The van der Waals surface area contributed by atoms with Gasteiger partial charge in [0.2, 0.25) is 29.5 Å². The first-order chi connectivity index (χ1) is 26.8. The van der Waals surface area contributed by atoms with Crippen LogP contribution in [0.15, 0.2) is 60.8 Å². The molecule has 11 N–H and O–H groups in total. The van der Waals surface area contributed by atoms with Crippen LogP contribution >= 0.6 is 0 Å². The van der Waals surface area contributed by atoms with Crippen LogP contribution in [0.1, 0.15) is 63.8 Å². The molecule has 16 nitrogen and oxygen atoms in total. The summed E-state index contributed by atoms with van der Waals surface area (Å²) in [7, 11) is 0. The monoisotopic (exact) mass is 798 g/mol. The van der Waals surface area contributed by atoms with E-state index in [1.807, 2.05) is 55.7 Å². The average Bonchev–Trinajstić information content (AvgIpc) is 3.54. The molecule has 1 heterocycles. The molecular formula is C39H52F2N8O8. The lowest BCUT2D eigenvalue weighted by Gasteiger charge is -2.41. The molecule has 2 aromatic carbocycles. The zero-order valence-electron chi connectivity index (χ0n) is 32.2. The summed E-state index contributed by atoms with van der Waals surface area (Å²) >= 11 is 0. The molecule has 0 aliphatic rings. The summed E-state index contributed by atoms with van der Waals surface area (Å²) in [6, 6.07) is 9.30. The van der Waals surface area contributed by atoms with Crippen LogP contribution in [-0.4, -0.2) is 99.6 Å². The van der Waals surface area contributed by atoms with E-state index < -0.39 is 89.7 Å². The Kier molecular flexibility index (Phi) is 16.8. The van der Waals surface area contributed by atoms with Gasteiger partial charge in [0.25, 0.3) is 0 Å². The van der Waals surface area contributed by atoms with E-state index in [0.29, 0.717) is 11.3 Å². The maximum atomic E-state index is 15.1. The number of amides is 5. The van der Waals surface area contributed by atoms with E-state index in [0.717, 1.165) is 23.8 Å². The molecule has 57 heavy (non-hydrogen) atoms. The molecule has 0 radical (unpaired) electrons. The van der Waals surface area contributed by atoms with Crippen molar-refractivity contribution in [1.82, 2.24) is 25.4 Å². The number of aliphatic carboxylic acids is 1. The Labute approximate surface area is 329 Å². The van der Waals surface area contributed by atoms with Crippen molar-refractivity contribution in [2.45, 2.75) is 77.2 Å². The first kappa shape index (κ1) is 45.7. The van der Waals surface area contributed by atoms with Crippen LogP contribution in [0.4, 0.5) is 8.78 Å².